The van der Waals surface area contributed by atoms with Crippen molar-refractivity contribution in [3.8, 4) is 0 Å². The molecule has 20 heavy (non-hydrogen) atoms. The summed E-state index contributed by atoms with van der Waals surface area (Å²) < 4.78 is 4.25. The Morgan fingerprint density at radius 2 is 2.20 bits per heavy atom. The molecule has 1 atom stereocenters. The summed E-state index contributed by atoms with van der Waals surface area (Å²) in [5.74, 6) is -1.38. The van der Waals surface area contributed by atoms with Crippen LogP contribution >= 0.6 is 0 Å². The van der Waals surface area contributed by atoms with Gasteiger partial charge in [0.2, 0.25) is 5.91 Å². The standard InChI is InChI=1S/C10H16N4O3.C2H6O/c11-3-1-2-9(15)14-8(10(16)17)4-7-5-12-6-13-7;1-3-2/h5-6,8H,1-4,11H2,(H,12,13)(H,14,15)(H,16,17);1-2H3/t8-;/m0./s1. The van der Waals surface area contributed by atoms with Crippen molar-refractivity contribution in [3.63, 3.8) is 0 Å². The number of nitrogens with two attached hydrogens (primary N) is 1. The molecule has 1 aromatic heterocycles. The third kappa shape index (κ3) is 8.22. The van der Waals surface area contributed by atoms with Gasteiger partial charge in [-0.25, -0.2) is 9.78 Å². The van der Waals surface area contributed by atoms with Crippen molar-refractivity contribution in [2.45, 2.75) is 25.3 Å². The Morgan fingerprint density at radius 1 is 1.55 bits per heavy atom. The van der Waals surface area contributed by atoms with Gasteiger partial charge in [0.1, 0.15) is 6.04 Å². The van der Waals surface area contributed by atoms with E-state index in [-0.39, 0.29) is 18.7 Å². The molecule has 0 aromatic carbocycles. The predicted molar refractivity (Wildman–Crippen MR) is 73.1 cm³/mol. The van der Waals surface area contributed by atoms with Gasteiger partial charge in [0.25, 0.3) is 0 Å². The molecule has 1 amide bonds. The lowest BCUT2D eigenvalue weighted by Crippen LogP contribution is -2.42. The second-order valence-corrected chi connectivity index (χ2v) is 4.02. The van der Waals surface area contributed by atoms with Crippen LogP contribution in [-0.4, -0.2) is 53.8 Å². The van der Waals surface area contributed by atoms with Crippen molar-refractivity contribution >= 4 is 11.9 Å². The minimum atomic E-state index is -1.07. The molecule has 0 fully saturated rings. The van der Waals surface area contributed by atoms with Crippen LogP contribution in [0.25, 0.3) is 0 Å². The number of carboxylic acids is 1. The van der Waals surface area contributed by atoms with E-state index >= 15 is 0 Å². The Morgan fingerprint density at radius 3 is 2.65 bits per heavy atom. The van der Waals surface area contributed by atoms with Gasteiger partial charge >= 0.3 is 5.97 Å². The smallest absolute Gasteiger partial charge is 0.326 e. The average molecular weight is 286 g/mol. The fourth-order valence-electron chi connectivity index (χ4n) is 1.34. The van der Waals surface area contributed by atoms with Gasteiger partial charge in [-0.15, -0.1) is 0 Å². The number of imidazole rings is 1. The Hall–Kier alpha value is -1.93. The van der Waals surface area contributed by atoms with Crippen LogP contribution in [0.2, 0.25) is 0 Å². The zero-order chi connectivity index (χ0) is 15.4. The third-order valence-corrected chi connectivity index (χ3v) is 2.21. The first kappa shape index (κ1) is 18.1. The highest BCUT2D eigenvalue weighted by atomic mass is 16.4. The van der Waals surface area contributed by atoms with Crippen molar-refractivity contribution in [2.75, 3.05) is 20.8 Å². The number of carbonyl (C=O) groups excluding carboxylic acids is 1. The third-order valence-electron chi connectivity index (χ3n) is 2.21. The maximum absolute atomic E-state index is 11.4. The molecular formula is C12H22N4O4. The lowest BCUT2D eigenvalue weighted by molar-refractivity contribution is -0.141. The number of amides is 1. The van der Waals surface area contributed by atoms with Crippen LogP contribution in [0.4, 0.5) is 0 Å². The molecule has 0 aliphatic carbocycles. The van der Waals surface area contributed by atoms with Gasteiger partial charge in [0.05, 0.1) is 12.0 Å². The molecule has 0 saturated heterocycles. The van der Waals surface area contributed by atoms with Crippen molar-refractivity contribution in [1.82, 2.24) is 15.3 Å². The van der Waals surface area contributed by atoms with Gasteiger partial charge in [-0.05, 0) is 13.0 Å². The van der Waals surface area contributed by atoms with Crippen molar-refractivity contribution in [1.29, 1.82) is 0 Å². The SMILES string of the molecule is COC.NCCCC(=O)N[C@@H](Cc1c[nH]cn1)C(=O)O. The number of H-pyrrole nitrogens is 1. The maximum Gasteiger partial charge on any atom is 0.326 e. The highest BCUT2D eigenvalue weighted by molar-refractivity contribution is 5.83. The van der Waals surface area contributed by atoms with Gasteiger partial charge in [-0.3, -0.25) is 4.79 Å². The maximum atomic E-state index is 11.4. The summed E-state index contributed by atoms with van der Waals surface area (Å²) in [4.78, 5) is 29.0. The Balaban J connectivity index is 0.00000110. The van der Waals surface area contributed by atoms with Crippen LogP contribution in [0, 0.1) is 0 Å². The average Bonchev–Trinajstić information content (AvgIpc) is 2.89. The first-order valence-electron chi connectivity index (χ1n) is 6.15. The van der Waals surface area contributed by atoms with Crippen LogP contribution in [0.15, 0.2) is 12.5 Å². The minimum absolute atomic E-state index is 0.160. The molecule has 5 N–H and O–H groups in total. The van der Waals surface area contributed by atoms with Gasteiger partial charge < -0.3 is 25.9 Å². The fraction of sp³-hybridized carbons (Fsp3) is 0.583. The molecule has 8 nitrogen and oxygen atoms in total. The molecule has 1 rings (SSSR count). The van der Waals surface area contributed by atoms with E-state index in [1.165, 1.54) is 6.33 Å². The first-order valence-corrected chi connectivity index (χ1v) is 6.15. The Bertz CT molecular complexity index is 381. The molecule has 0 saturated carbocycles. The van der Waals surface area contributed by atoms with Crippen LogP contribution in [0.1, 0.15) is 18.5 Å². The number of aromatic nitrogens is 2. The molecule has 8 heteroatoms. The normalized spacial score (nSPS) is 11.2. The zero-order valence-corrected chi connectivity index (χ0v) is 11.8. The van der Waals surface area contributed by atoms with E-state index in [0.29, 0.717) is 18.7 Å². The highest BCUT2D eigenvalue weighted by Gasteiger charge is 2.20. The minimum Gasteiger partial charge on any atom is -0.480 e. The summed E-state index contributed by atoms with van der Waals surface area (Å²) in [6, 6.07) is -0.955. The number of ether oxygens (including phenoxy) is 1. The molecule has 0 unspecified atom stereocenters. The predicted octanol–water partition coefficient (Wildman–Crippen LogP) is -0.477. The van der Waals surface area contributed by atoms with Gasteiger partial charge in [0, 0.05) is 33.3 Å². The van der Waals surface area contributed by atoms with Crippen LogP contribution in [0.3, 0.4) is 0 Å². The molecule has 0 radical (unpaired) electrons. The summed E-state index contributed by atoms with van der Waals surface area (Å²) >= 11 is 0. The van der Waals surface area contributed by atoms with E-state index in [2.05, 4.69) is 20.0 Å². The molecule has 1 heterocycles. The number of rotatable bonds is 7. The first-order chi connectivity index (χ1) is 9.54. The van der Waals surface area contributed by atoms with Crippen LogP contribution in [0.5, 0.6) is 0 Å². The van der Waals surface area contributed by atoms with Crippen molar-refractivity contribution < 1.29 is 19.4 Å². The van der Waals surface area contributed by atoms with Crippen molar-refractivity contribution in [3.05, 3.63) is 18.2 Å². The van der Waals surface area contributed by atoms with E-state index in [9.17, 15) is 9.59 Å². The number of hydrogen-bond acceptors (Lipinski definition) is 5. The van der Waals surface area contributed by atoms with Crippen LogP contribution in [-0.2, 0) is 20.7 Å². The van der Waals surface area contributed by atoms with Gasteiger partial charge in [-0.2, -0.15) is 0 Å². The number of carbonyl (C=O) groups is 2. The number of nitrogens with zero attached hydrogens (tertiary/aromatic N) is 1. The molecule has 0 spiro atoms. The largest absolute Gasteiger partial charge is 0.480 e. The second-order valence-electron chi connectivity index (χ2n) is 4.02. The zero-order valence-electron chi connectivity index (χ0n) is 11.8. The summed E-state index contributed by atoms with van der Waals surface area (Å²) in [7, 11) is 3.25. The number of aromatic amines is 1. The second kappa shape index (κ2) is 10.9. The Kier molecular flexibility index (Phi) is 9.89. The van der Waals surface area contributed by atoms with Gasteiger partial charge in [-0.1, -0.05) is 0 Å². The summed E-state index contributed by atoms with van der Waals surface area (Å²) in [6.45, 7) is 0.407. The number of methoxy groups -OCH3 is 1. The van der Waals surface area contributed by atoms with Crippen LogP contribution < -0.4 is 11.1 Å². The molecule has 0 aliphatic heterocycles. The number of hydrogen-bond donors (Lipinski definition) is 4. The highest BCUT2D eigenvalue weighted by Crippen LogP contribution is 1.99. The Labute approximate surface area is 117 Å². The molecule has 0 aliphatic rings. The molecule has 0 bridgehead atoms. The van der Waals surface area contributed by atoms with E-state index in [1.54, 1.807) is 20.4 Å². The fourth-order valence-corrected chi connectivity index (χ4v) is 1.34. The lowest BCUT2D eigenvalue weighted by Gasteiger charge is -2.13. The molecular weight excluding hydrogens is 264 g/mol. The van der Waals surface area contributed by atoms with E-state index in [4.69, 9.17) is 10.8 Å². The topological polar surface area (TPSA) is 130 Å². The number of nitrogens with one attached hydrogen (secondary N) is 2. The van der Waals surface area contributed by atoms with E-state index < -0.39 is 12.0 Å². The summed E-state index contributed by atoms with van der Waals surface area (Å²) in [5.41, 5.74) is 5.86. The van der Waals surface area contributed by atoms with E-state index in [0.717, 1.165) is 0 Å². The lowest BCUT2D eigenvalue weighted by atomic mass is 10.1. The monoisotopic (exact) mass is 286 g/mol. The molecule has 114 valence electrons. The number of aliphatic carboxylic acids is 1. The quantitative estimate of drug-likeness (QED) is 0.535. The summed E-state index contributed by atoms with van der Waals surface area (Å²) in [5, 5.41) is 11.4. The van der Waals surface area contributed by atoms with Gasteiger partial charge in [0.15, 0.2) is 0 Å². The molecule has 1 aromatic rings. The number of carboxylic acid groups (broad SMARTS) is 1. The van der Waals surface area contributed by atoms with E-state index in [1.807, 2.05) is 0 Å². The summed E-state index contributed by atoms with van der Waals surface area (Å²) in [6.07, 6.45) is 4.00. The van der Waals surface area contributed by atoms with Crippen molar-refractivity contribution in [2.24, 2.45) is 5.73 Å².